The molecule has 12 heavy (non-hydrogen) atoms. The maximum absolute atomic E-state index is 9.90. The number of carbonyl (C=O) groups excluding carboxylic acids is 1. The summed E-state index contributed by atoms with van der Waals surface area (Å²) in [6.07, 6.45) is 1.36. The van der Waals surface area contributed by atoms with Crippen LogP contribution in [-0.2, 0) is 4.79 Å². The lowest BCUT2D eigenvalue weighted by Crippen LogP contribution is -1.71. The molecular weight excluding hydrogens is 245 g/mol. The molecule has 0 fully saturated rings. The molecule has 1 aromatic carbocycles. The number of nitrogens with zero attached hydrogens (tertiary/aromatic N) is 1. The number of aromatic hydroxyl groups is 1. The fourth-order valence-corrected chi connectivity index (χ4v) is 1.39. The zero-order valence-electron chi connectivity index (χ0n) is 5.71. The van der Waals surface area contributed by atoms with Crippen LogP contribution in [0.3, 0.4) is 0 Å². The van der Waals surface area contributed by atoms with Gasteiger partial charge in [0.05, 0.1) is 10.7 Å². The van der Waals surface area contributed by atoms with E-state index in [1.165, 1.54) is 18.2 Å². The smallest absolute Gasteiger partial charge is 0.240 e. The molecule has 62 valence electrons. The average Bonchev–Trinajstić information content (AvgIpc) is 2.01. The van der Waals surface area contributed by atoms with Gasteiger partial charge in [-0.05, 0) is 22.0 Å². The molecule has 0 aliphatic heterocycles. The third-order valence-corrected chi connectivity index (χ3v) is 2.12. The molecule has 1 N–H and O–H groups in total. The van der Waals surface area contributed by atoms with Gasteiger partial charge in [0.15, 0.2) is 0 Å². The quantitative estimate of drug-likeness (QED) is 0.614. The second-order valence-electron chi connectivity index (χ2n) is 1.96. The van der Waals surface area contributed by atoms with Crippen molar-refractivity contribution >= 4 is 39.3 Å². The molecule has 0 atom stereocenters. The summed E-state index contributed by atoms with van der Waals surface area (Å²) in [4.78, 5) is 13.2. The van der Waals surface area contributed by atoms with Crippen LogP contribution in [-0.4, -0.2) is 11.2 Å². The predicted octanol–water partition coefficient (Wildman–Crippen LogP) is 2.78. The van der Waals surface area contributed by atoms with E-state index in [0.717, 1.165) is 0 Å². The summed E-state index contributed by atoms with van der Waals surface area (Å²) in [5, 5.41) is 9.31. The summed E-state index contributed by atoms with van der Waals surface area (Å²) in [6, 6.07) is 2.73. The maximum atomic E-state index is 9.90. The van der Waals surface area contributed by atoms with Crippen LogP contribution in [0.1, 0.15) is 0 Å². The van der Waals surface area contributed by atoms with Gasteiger partial charge in [0.25, 0.3) is 0 Å². The van der Waals surface area contributed by atoms with E-state index in [1.54, 1.807) is 0 Å². The largest absolute Gasteiger partial charge is 0.506 e. The molecule has 0 radical (unpaired) electrons. The Morgan fingerprint density at radius 2 is 2.25 bits per heavy atom. The summed E-state index contributed by atoms with van der Waals surface area (Å²) < 4.78 is 0.536. The van der Waals surface area contributed by atoms with Crippen LogP contribution in [0.5, 0.6) is 5.75 Å². The molecule has 0 unspecified atom stereocenters. The fraction of sp³-hybridized carbons (Fsp3) is 0. The van der Waals surface area contributed by atoms with Crippen LogP contribution < -0.4 is 0 Å². The summed E-state index contributed by atoms with van der Waals surface area (Å²) in [7, 11) is 0. The molecular formula is C7H3BrClNO2. The summed E-state index contributed by atoms with van der Waals surface area (Å²) in [5.41, 5.74) is 0.298. The number of phenolic OH excluding ortho intramolecular Hbond substituents is 1. The first-order valence-electron chi connectivity index (χ1n) is 2.91. The zero-order valence-corrected chi connectivity index (χ0v) is 8.06. The van der Waals surface area contributed by atoms with Gasteiger partial charge in [-0.15, -0.1) is 0 Å². The highest BCUT2D eigenvalue weighted by atomic mass is 79.9. The second kappa shape index (κ2) is 3.72. The van der Waals surface area contributed by atoms with E-state index in [9.17, 15) is 4.79 Å². The van der Waals surface area contributed by atoms with Crippen LogP contribution >= 0.6 is 27.5 Å². The van der Waals surface area contributed by atoms with E-state index < -0.39 is 0 Å². The number of phenols is 1. The Morgan fingerprint density at radius 3 is 2.83 bits per heavy atom. The number of rotatable bonds is 1. The third kappa shape index (κ3) is 1.85. The Hall–Kier alpha value is -0.830. The first kappa shape index (κ1) is 9.26. The number of benzene rings is 1. The number of hydrogen-bond acceptors (Lipinski definition) is 3. The standard InChI is InChI=1S/C7H3BrClNO2/c8-4-1-5(9)7(12)2-6(4)10-3-11/h1-2,12H. The van der Waals surface area contributed by atoms with Crippen molar-refractivity contribution in [3.05, 3.63) is 21.6 Å². The van der Waals surface area contributed by atoms with Crippen molar-refractivity contribution < 1.29 is 9.90 Å². The van der Waals surface area contributed by atoms with Crippen molar-refractivity contribution in [1.82, 2.24) is 0 Å². The van der Waals surface area contributed by atoms with Gasteiger partial charge in [-0.25, -0.2) is 4.79 Å². The summed E-state index contributed by atoms with van der Waals surface area (Å²) in [6.45, 7) is 0. The number of hydrogen-bond donors (Lipinski definition) is 1. The van der Waals surface area contributed by atoms with Gasteiger partial charge < -0.3 is 5.11 Å². The van der Waals surface area contributed by atoms with Crippen LogP contribution in [0.2, 0.25) is 5.02 Å². The van der Waals surface area contributed by atoms with E-state index in [0.29, 0.717) is 10.2 Å². The van der Waals surface area contributed by atoms with E-state index in [1.807, 2.05) is 0 Å². The van der Waals surface area contributed by atoms with Gasteiger partial charge in [0.2, 0.25) is 6.08 Å². The fourth-order valence-electron chi connectivity index (χ4n) is 0.661. The average molecular weight is 248 g/mol. The first-order chi connectivity index (χ1) is 5.65. The molecule has 0 bridgehead atoms. The predicted molar refractivity (Wildman–Crippen MR) is 48.6 cm³/mol. The van der Waals surface area contributed by atoms with Crippen molar-refractivity contribution in [2.45, 2.75) is 0 Å². The monoisotopic (exact) mass is 247 g/mol. The molecule has 3 nitrogen and oxygen atoms in total. The summed E-state index contributed by atoms with van der Waals surface area (Å²) in [5.74, 6) is -0.117. The minimum Gasteiger partial charge on any atom is -0.506 e. The van der Waals surface area contributed by atoms with E-state index in [4.69, 9.17) is 16.7 Å². The van der Waals surface area contributed by atoms with Gasteiger partial charge >= 0.3 is 0 Å². The second-order valence-corrected chi connectivity index (χ2v) is 3.22. The Bertz CT molecular complexity index is 361. The molecule has 0 aromatic heterocycles. The van der Waals surface area contributed by atoms with Gasteiger partial charge in [-0.1, -0.05) is 11.6 Å². The van der Waals surface area contributed by atoms with E-state index >= 15 is 0 Å². The van der Waals surface area contributed by atoms with Crippen molar-refractivity contribution in [1.29, 1.82) is 0 Å². The number of halogens is 2. The van der Waals surface area contributed by atoms with Crippen LogP contribution in [0, 0.1) is 0 Å². The zero-order chi connectivity index (χ0) is 9.14. The van der Waals surface area contributed by atoms with Crippen LogP contribution in [0.25, 0.3) is 0 Å². The Labute approximate surface area is 81.8 Å². The third-order valence-electron chi connectivity index (χ3n) is 1.18. The molecule has 0 spiro atoms. The van der Waals surface area contributed by atoms with Crippen molar-refractivity contribution in [3.63, 3.8) is 0 Å². The van der Waals surface area contributed by atoms with Crippen LogP contribution in [0.4, 0.5) is 5.69 Å². The topological polar surface area (TPSA) is 49.7 Å². The maximum Gasteiger partial charge on any atom is 0.240 e. The highest BCUT2D eigenvalue weighted by Gasteiger charge is 2.04. The van der Waals surface area contributed by atoms with Crippen molar-refractivity contribution in [2.24, 2.45) is 4.99 Å². The first-order valence-corrected chi connectivity index (χ1v) is 4.08. The molecule has 0 aliphatic carbocycles. The molecule has 1 aromatic rings. The van der Waals surface area contributed by atoms with Gasteiger partial charge in [0.1, 0.15) is 5.75 Å². The molecule has 5 heteroatoms. The minimum atomic E-state index is -0.117. The van der Waals surface area contributed by atoms with Crippen molar-refractivity contribution in [3.8, 4) is 5.75 Å². The lowest BCUT2D eigenvalue weighted by atomic mass is 10.3. The Balaban J connectivity index is 3.32. The van der Waals surface area contributed by atoms with Gasteiger partial charge in [-0.3, -0.25) is 0 Å². The Morgan fingerprint density at radius 1 is 1.58 bits per heavy atom. The van der Waals surface area contributed by atoms with E-state index in [-0.39, 0.29) is 10.8 Å². The highest BCUT2D eigenvalue weighted by molar-refractivity contribution is 9.10. The van der Waals surface area contributed by atoms with E-state index in [2.05, 4.69) is 20.9 Å². The highest BCUT2D eigenvalue weighted by Crippen LogP contribution is 2.34. The number of aliphatic imine (C=N–C) groups is 1. The molecule has 1 rings (SSSR count). The lowest BCUT2D eigenvalue weighted by molar-refractivity contribution is 0.475. The minimum absolute atomic E-state index is 0.117. The molecule has 0 heterocycles. The summed E-state index contributed by atoms with van der Waals surface area (Å²) >= 11 is 8.68. The Kier molecular flexibility index (Phi) is 2.87. The lowest BCUT2D eigenvalue weighted by Gasteiger charge is -1.99. The molecule has 0 amide bonds. The molecule has 0 saturated carbocycles. The van der Waals surface area contributed by atoms with Crippen LogP contribution in [0.15, 0.2) is 21.6 Å². The number of isocyanates is 1. The molecule has 0 aliphatic rings. The molecule has 0 saturated heterocycles. The van der Waals surface area contributed by atoms with Gasteiger partial charge in [0, 0.05) is 10.5 Å². The normalized spacial score (nSPS) is 9.17. The SMILES string of the molecule is O=C=Nc1cc(O)c(Cl)cc1Br. The van der Waals surface area contributed by atoms with Gasteiger partial charge in [-0.2, -0.15) is 4.99 Å². The van der Waals surface area contributed by atoms with Crippen molar-refractivity contribution in [2.75, 3.05) is 0 Å².